The van der Waals surface area contributed by atoms with Crippen LogP contribution in [0, 0.1) is 0 Å². The quantitative estimate of drug-likeness (QED) is 0.810. The van der Waals surface area contributed by atoms with Gasteiger partial charge in [0.1, 0.15) is 5.75 Å². The Balaban J connectivity index is 1.55. The monoisotopic (exact) mass is 375 g/mol. The van der Waals surface area contributed by atoms with Crippen molar-refractivity contribution in [3.05, 3.63) is 46.4 Å². The number of ether oxygens (including phenoxy) is 1. The Morgan fingerprint density at radius 3 is 3.04 bits per heavy atom. The minimum Gasteiger partial charge on any atom is -0.491 e. The first-order valence-corrected chi connectivity index (χ1v) is 9.80. The van der Waals surface area contributed by atoms with Crippen LogP contribution in [0.1, 0.15) is 36.3 Å². The topological polar surface area (TPSA) is 74.7 Å². The zero-order valence-electron chi connectivity index (χ0n) is 15.1. The largest absolute Gasteiger partial charge is 0.491 e. The van der Waals surface area contributed by atoms with Crippen molar-refractivity contribution < 1.29 is 14.6 Å². The second-order valence-electron chi connectivity index (χ2n) is 6.85. The van der Waals surface area contributed by atoms with Crippen LogP contribution < -0.4 is 10.1 Å². The number of benzene rings is 1. The van der Waals surface area contributed by atoms with Gasteiger partial charge in [0.2, 0.25) is 0 Å². The Kier molecular flexibility index (Phi) is 6.24. The number of piperidine rings is 1. The highest BCUT2D eigenvalue weighted by Crippen LogP contribution is 2.18. The molecule has 2 N–H and O–H groups in total. The summed E-state index contributed by atoms with van der Waals surface area (Å²) in [5, 5.41) is 15.4. The Labute approximate surface area is 157 Å². The normalized spacial score (nSPS) is 20.9. The molecule has 6 nitrogen and oxygen atoms in total. The SMILES string of the molecule is CC(C)Oc1cccc(C(=O)N[C@@H]2CCN(Cc3cscn3)C[C@H]2O)c1. The summed E-state index contributed by atoms with van der Waals surface area (Å²) >= 11 is 1.57. The van der Waals surface area contributed by atoms with E-state index in [1.54, 1.807) is 29.5 Å². The molecule has 140 valence electrons. The van der Waals surface area contributed by atoms with Gasteiger partial charge in [0, 0.05) is 30.6 Å². The number of thiazole rings is 1. The standard InChI is InChI=1S/C19H25N3O3S/c1-13(2)25-16-5-3-4-14(8-16)19(24)21-17-6-7-22(10-18(17)23)9-15-11-26-12-20-15/h3-5,8,11-13,17-18,23H,6-7,9-10H2,1-2H3,(H,21,24)/t17-,18-/m1/s1. The maximum absolute atomic E-state index is 12.5. The molecule has 0 aliphatic carbocycles. The van der Waals surface area contributed by atoms with Crippen LogP contribution in [-0.4, -0.2) is 52.2 Å². The maximum atomic E-state index is 12.5. The van der Waals surface area contributed by atoms with Crippen molar-refractivity contribution in [2.75, 3.05) is 13.1 Å². The molecule has 1 saturated heterocycles. The summed E-state index contributed by atoms with van der Waals surface area (Å²) in [5.74, 6) is 0.488. The number of hydrogen-bond donors (Lipinski definition) is 2. The first kappa shape index (κ1) is 18.8. The second-order valence-corrected chi connectivity index (χ2v) is 7.56. The molecule has 1 aliphatic heterocycles. The van der Waals surface area contributed by atoms with E-state index in [4.69, 9.17) is 4.74 Å². The molecule has 0 spiro atoms. The molecule has 1 aromatic heterocycles. The number of rotatable bonds is 6. The van der Waals surface area contributed by atoms with Gasteiger partial charge in [0.25, 0.3) is 5.91 Å². The van der Waals surface area contributed by atoms with Gasteiger partial charge < -0.3 is 15.2 Å². The van der Waals surface area contributed by atoms with Crippen LogP contribution in [-0.2, 0) is 6.54 Å². The van der Waals surface area contributed by atoms with Crippen LogP contribution in [0.25, 0.3) is 0 Å². The number of amides is 1. The van der Waals surface area contributed by atoms with Crippen molar-refractivity contribution in [2.45, 2.75) is 45.1 Å². The predicted octanol–water partition coefficient (Wildman–Crippen LogP) is 2.30. The summed E-state index contributed by atoms with van der Waals surface area (Å²) in [6.45, 7) is 5.97. The number of likely N-dealkylation sites (tertiary alicyclic amines) is 1. The van der Waals surface area contributed by atoms with Crippen LogP contribution in [0.3, 0.4) is 0 Å². The number of β-amino-alcohol motifs (C(OH)–C–C–N with tert-alkyl or cyclic N) is 1. The molecule has 2 heterocycles. The van der Waals surface area contributed by atoms with Crippen LogP contribution in [0.5, 0.6) is 5.75 Å². The first-order valence-electron chi connectivity index (χ1n) is 8.86. The summed E-state index contributed by atoms with van der Waals surface area (Å²) in [7, 11) is 0. The van der Waals surface area contributed by atoms with Gasteiger partial charge in [-0.15, -0.1) is 11.3 Å². The Morgan fingerprint density at radius 2 is 2.35 bits per heavy atom. The van der Waals surface area contributed by atoms with E-state index in [2.05, 4.69) is 15.2 Å². The summed E-state index contributed by atoms with van der Waals surface area (Å²) < 4.78 is 5.64. The van der Waals surface area contributed by atoms with Gasteiger partial charge >= 0.3 is 0 Å². The van der Waals surface area contributed by atoms with Crippen molar-refractivity contribution in [3.8, 4) is 5.75 Å². The highest BCUT2D eigenvalue weighted by Gasteiger charge is 2.29. The van der Waals surface area contributed by atoms with Gasteiger partial charge in [-0.2, -0.15) is 0 Å². The molecule has 2 atom stereocenters. The van der Waals surface area contributed by atoms with Crippen molar-refractivity contribution in [1.29, 1.82) is 0 Å². The molecule has 1 amide bonds. The molecule has 0 radical (unpaired) electrons. The summed E-state index contributed by atoms with van der Waals surface area (Å²) in [4.78, 5) is 19.0. The number of carbonyl (C=O) groups is 1. The lowest BCUT2D eigenvalue weighted by Gasteiger charge is -2.35. The molecule has 1 fully saturated rings. The van der Waals surface area contributed by atoms with E-state index in [1.165, 1.54) is 0 Å². The highest BCUT2D eigenvalue weighted by molar-refractivity contribution is 7.07. The number of aliphatic hydroxyl groups is 1. The highest BCUT2D eigenvalue weighted by atomic mass is 32.1. The fourth-order valence-corrected chi connectivity index (χ4v) is 3.64. The lowest BCUT2D eigenvalue weighted by atomic mass is 10.0. The minimum absolute atomic E-state index is 0.0529. The molecule has 1 aliphatic rings. The van der Waals surface area contributed by atoms with E-state index in [0.717, 1.165) is 18.8 Å². The molecular formula is C19H25N3O3S. The molecule has 7 heteroatoms. The van der Waals surface area contributed by atoms with Crippen LogP contribution >= 0.6 is 11.3 Å². The van der Waals surface area contributed by atoms with E-state index in [1.807, 2.05) is 30.8 Å². The van der Waals surface area contributed by atoms with E-state index >= 15 is 0 Å². The summed E-state index contributed by atoms with van der Waals surface area (Å²) in [5.41, 5.74) is 3.38. The van der Waals surface area contributed by atoms with E-state index < -0.39 is 6.10 Å². The number of hydrogen-bond acceptors (Lipinski definition) is 6. The molecule has 0 saturated carbocycles. The zero-order chi connectivity index (χ0) is 18.5. The average molecular weight is 375 g/mol. The van der Waals surface area contributed by atoms with Crippen molar-refractivity contribution in [2.24, 2.45) is 0 Å². The van der Waals surface area contributed by atoms with E-state index in [0.29, 0.717) is 24.3 Å². The molecule has 2 aromatic rings. The Morgan fingerprint density at radius 1 is 1.50 bits per heavy atom. The summed E-state index contributed by atoms with van der Waals surface area (Å²) in [6.07, 6.45) is 0.165. The third-order valence-corrected chi connectivity index (χ3v) is 4.95. The molecular weight excluding hydrogens is 350 g/mol. The predicted molar refractivity (Wildman–Crippen MR) is 101 cm³/mol. The van der Waals surface area contributed by atoms with Crippen LogP contribution in [0.2, 0.25) is 0 Å². The van der Waals surface area contributed by atoms with Crippen LogP contribution in [0.4, 0.5) is 0 Å². The van der Waals surface area contributed by atoms with Crippen molar-refractivity contribution in [3.63, 3.8) is 0 Å². The minimum atomic E-state index is -0.596. The Bertz CT molecular complexity index is 721. The third-order valence-electron chi connectivity index (χ3n) is 4.32. The lowest BCUT2D eigenvalue weighted by molar-refractivity contribution is 0.0346. The number of aromatic nitrogens is 1. The van der Waals surface area contributed by atoms with Crippen molar-refractivity contribution in [1.82, 2.24) is 15.2 Å². The lowest BCUT2D eigenvalue weighted by Crippen LogP contribution is -2.53. The Hall–Kier alpha value is -1.96. The molecule has 1 aromatic carbocycles. The average Bonchev–Trinajstić information content (AvgIpc) is 3.10. The van der Waals surface area contributed by atoms with Gasteiger partial charge in [-0.1, -0.05) is 6.07 Å². The molecule has 26 heavy (non-hydrogen) atoms. The van der Waals surface area contributed by atoms with Gasteiger partial charge in [0.15, 0.2) is 0 Å². The fourth-order valence-electron chi connectivity index (χ4n) is 3.09. The smallest absolute Gasteiger partial charge is 0.251 e. The molecule has 0 bridgehead atoms. The second kappa shape index (κ2) is 8.62. The fraction of sp³-hybridized carbons (Fsp3) is 0.474. The van der Waals surface area contributed by atoms with Gasteiger partial charge in [-0.05, 0) is 38.5 Å². The molecule has 3 rings (SSSR count). The van der Waals surface area contributed by atoms with Gasteiger partial charge in [-0.3, -0.25) is 9.69 Å². The third kappa shape index (κ3) is 5.03. The van der Waals surface area contributed by atoms with E-state index in [-0.39, 0.29) is 18.1 Å². The first-order chi connectivity index (χ1) is 12.5. The van der Waals surface area contributed by atoms with Gasteiger partial charge in [0.05, 0.1) is 29.5 Å². The van der Waals surface area contributed by atoms with Gasteiger partial charge in [-0.25, -0.2) is 4.98 Å². The number of nitrogens with one attached hydrogen (secondary N) is 1. The van der Waals surface area contributed by atoms with E-state index in [9.17, 15) is 9.90 Å². The van der Waals surface area contributed by atoms with Crippen molar-refractivity contribution >= 4 is 17.2 Å². The number of aliphatic hydroxyl groups excluding tert-OH is 1. The molecule has 0 unspecified atom stereocenters. The number of carbonyl (C=O) groups excluding carboxylic acids is 1. The zero-order valence-corrected chi connectivity index (χ0v) is 15.9. The van der Waals surface area contributed by atoms with Crippen LogP contribution in [0.15, 0.2) is 35.2 Å². The maximum Gasteiger partial charge on any atom is 0.251 e. The number of nitrogens with zero attached hydrogens (tertiary/aromatic N) is 2. The summed E-state index contributed by atoms with van der Waals surface area (Å²) in [6, 6.07) is 6.89.